The summed E-state index contributed by atoms with van der Waals surface area (Å²) in [5.41, 5.74) is 6.83. The molecule has 0 aliphatic rings. The predicted molar refractivity (Wildman–Crippen MR) is 51.3 cm³/mol. The summed E-state index contributed by atoms with van der Waals surface area (Å²) >= 11 is 0. The number of nitrogens with zero attached hydrogens (tertiary/aromatic N) is 1. The van der Waals surface area contributed by atoms with Crippen molar-refractivity contribution in [3.8, 4) is 0 Å². The largest absolute Gasteiger partial charge is 0.399 e. The third-order valence-corrected chi connectivity index (χ3v) is 1.82. The summed E-state index contributed by atoms with van der Waals surface area (Å²) in [6.45, 7) is 1.75. The Morgan fingerprint density at radius 2 is 2.00 bits per heavy atom. The molecule has 0 aromatic heterocycles. The number of nitrogen functional groups attached to an aromatic ring is 1. The normalized spacial score (nSPS) is 9.50. The van der Waals surface area contributed by atoms with Crippen molar-refractivity contribution in [3.63, 3.8) is 0 Å². The fraction of sp³-hybridized carbons (Fsp3) is 0.125. The van der Waals surface area contributed by atoms with Crippen LogP contribution in [0.4, 0.5) is 5.69 Å². The molecule has 14 heavy (non-hydrogen) atoms. The second kappa shape index (κ2) is 4.01. The van der Waals surface area contributed by atoms with Gasteiger partial charge in [-0.1, -0.05) is 4.36 Å². The molecule has 6 heteroatoms. The summed E-state index contributed by atoms with van der Waals surface area (Å²) in [5, 5.41) is 0. The van der Waals surface area contributed by atoms with Crippen molar-refractivity contribution < 1.29 is 13.2 Å². The number of hydrogen-bond acceptors (Lipinski definition) is 4. The molecule has 0 aliphatic heterocycles. The van der Waals surface area contributed by atoms with Gasteiger partial charge < -0.3 is 5.73 Å². The van der Waals surface area contributed by atoms with Crippen molar-refractivity contribution in [3.05, 3.63) is 29.3 Å². The highest BCUT2D eigenvalue weighted by atomic mass is 32.2. The van der Waals surface area contributed by atoms with Crippen molar-refractivity contribution in [2.75, 3.05) is 5.73 Å². The van der Waals surface area contributed by atoms with Crippen LogP contribution in [0.5, 0.6) is 0 Å². The third kappa shape index (κ3) is 2.67. The molecule has 0 fully saturated rings. The Morgan fingerprint density at radius 1 is 1.36 bits per heavy atom. The van der Waals surface area contributed by atoms with Crippen molar-refractivity contribution in [2.24, 2.45) is 4.36 Å². The van der Waals surface area contributed by atoms with Crippen LogP contribution in [0.3, 0.4) is 0 Å². The zero-order valence-corrected chi connectivity index (χ0v) is 8.21. The molecule has 5 nitrogen and oxygen atoms in total. The topological polar surface area (TPSA) is 89.6 Å². The monoisotopic (exact) mass is 212 g/mol. The van der Waals surface area contributed by atoms with E-state index in [1.54, 1.807) is 13.0 Å². The summed E-state index contributed by atoms with van der Waals surface area (Å²) in [5.74, 6) is -0.811. The van der Waals surface area contributed by atoms with Crippen molar-refractivity contribution in [1.82, 2.24) is 0 Å². The number of hydrogen-bond donors (Lipinski definition) is 1. The lowest BCUT2D eigenvalue weighted by atomic mass is 10.1. The van der Waals surface area contributed by atoms with Crippen LogP contribution in [0.1, 0.15) is 15.9 Å². The number of rotatable bonds is 1. The first-order valence-electron chi connectivity index (χ1n) is 3.71. The molecule has 1 amide bonds. The van der Waals surface area contributed by atoms with Crippen LogP contribution >= 0.6 is 0 Å². The highest BCUT2D eigenvalue weighted by Gasteiger charge is 2.05. The van der Waals surface area contributed by atoms with Crippen LogP contribution in [0, 0.1) is 6.92 Å². The van der Waals surface area contributed by atoms with Crippen LogP contribution in [0.25, 0.3) is 0 Å². The molecule has 0 heterocycles. The molecule has 1 aromatic rings. The molecule has 1 aromatic carbocycles. The number of anilines is 1. The first-order chi connectivity index (χ1) is 6.49. The van der Waals surface area contributed by atoms with E-state index in [-0.39, 0.29) is 5.56 Å². The van der Waals surface area contributed by atoms with E-state index < -0.39 is 16.4 Å². The smallest absolute Gasteiger partial charge is 0.319 e. The van der Waals surface area contributed by atoms with Gasteiger partial charge in [-0.15, -0.1) is 0 Å². The minimum atomic E-state index is -2.72. The molecule has 0 saturated carbocycles. The molecule has 0 atom stereocenters. The average molecular weight is 212 g/mol. The molecule has 0 radical (unpaired) electrons. The van der Waals surface area contributed by atoms with E-state index in [1.807, 2.05) is 0 Å². The van der Waals surface area contributed by atoms with E-state index in [0.29, 0.717) is 5.69 Å². The number of amides is 1. The standard InChI is InChI=1S/C8H8N2O3S/c1-5-2-6(4-7(9)3-5)8(11)10-14(12)13/h2-4H,9H2,1H3. The van der Waals surface area contributed by atoms with Gasteiger partial charge in [-0.2, -0.15) is 8.42 Å². The Bertz CT molecular complexity index is 477. The van der Waals surface area contributed by atoms with Crippen LogP contribution in [0.15, 0.2) is 22.6 Å². The van der Waals surface area contributed by atoms with Gasteiger partial charge in [0.05, 0.1) is 0 Å². The van der Waals surface area contributed by atoms with Gasteiger partial charge >= 0.3 is 10.5 Å². The Balaban J connectivity index is 3.20. The quantitative estimate of drug-likeness (QED) is 0.696. The van der Waals surface area contributed by atoms with Crippen LogP contribution in [-0.4, -0.2) is 14.3 Å². The van der Waals surface area contributed by atoms with Gasteiger partial charge in [-0.25, -0.2) is 0 Å². The van der Waals surface area contributed by atoms with E-state index in [0.717, 1.165) is 5.56 Å². The Morgan fingerprint density at radius 3 is 2.50 bits per heavy atom. The lowest BCUT2D eigenvalue weighted by Crippen LogP contribution is -1.97. The second-order valence-corrected chi connectivity index (χ2v) is 3.36. The summed E-state index contributed by atoms with van der Waals surface area (Å²) in [6.07, 6.45) is 0. The number of benzene rings is 1. The van der Waals surface area contributed by atoms with Gasteiger partial charge in [0.15, 0.2) is 0 Å². The summed E-state index contributed by atoms with van der Waals surface area (Å²) < 4.78 is 23.1. The average Bonchev–Trinajstić information content (AvgIpc) is 2.00. The van der Waals surface area contributed by atoms with Crippen LogP contribution < -0.4 is 5.73 Å². The van der Waals surface area contributed by atoms with Gasteiger partial charge in [-0.3, -0.25) is 4.79 Å². The maximum atomic E-state index is 11.1. The van der Waals surface area contributed by atoms with E-state index in [1.165, 1.54) is 12.1 Å². The number of nitrogens with two attached hydrogens (primary N) is 1. The fourth-order valence-corrected chi connectivity index (χ4v) is 1.30. The molecule has 0 unspecified atom stereocenters. The lowest BCUT2D eigenvalue weighted by molar-refractivity contribution is 0.100. The van der Waals surface area contributed by atoms with Crippen LogP contribution in [0.2, 0.25) is 0 Å². The Kier molecular flexibility index (Phi) is 2.98. The maximum absolute atomic E-state index is 11.1. The molecule has 0 bridgehead atoms. The molecule has 0 spiro atoms. The molecule has 1 rings (SSSR count). The van der Waals surface area contributed by atoms with Crippen molar-refractivity contribution >= 4 is 22.1 Å². The molecule has 0 aliphatic carbocycles. The first kappa shape index (κ1) is 10.4. The molecule has 0 saturated heterocycles. The maximum Gasteiger partial charge on any atom is 0.319 e. The number of aryl methyl sites for hydroxylation is 1. The fourth-order valence-electron chi connectivity index (χ4n) is 1.06. The van der Waals surface area contributed by atoms with Gasteiger partial charge in [0.1, 0.15) is 0 Å². The van der Waals surface area contributed by atoms with Gasteiger partial charge in [0.2, 0.25) is 0 Å². The first-order valence-corrected chi connectivity index (χ1v) is 4.75. The van der Waals surface area contributed by atoms with Gasteiger partial charge in [-0.05, 0) is 30.7 Å². The van der Waals surface area contributed by atoms with E-state index in [2.05, 4.69) is 4.36 Å². The minimum absolute atomic E-state index is 0.173. The van der Waals surface area contributed by atoms with Crippen molar-refractivity contribution in [2.45, 2.75) is 6.92 Å². The molecular weight excluding hydrogens is 204 g/mol. The van der Waals surface area contributed by atoms with Crippen molar-refractivity contribution in [1.29, 1.82) is 0 Å². The number of carbonyl (C=O) groups excluding carboxylic acids is 1. The summed E-state index contributed by atoms with van der Waals surface area (Å²) in [4.78, 5) is 11.1. The molecular formula is C8H8N2O3S. The number of carbonyl (C=O) groups is 1. The summed E-state index contributed by atoms with van der Waals surface area (Å²) in [6, 6.07) is 4.58. The zero-order chi connectivity index (χ0) is 10.7. The Labute approximate surface area is 82.3 Å². The molecule has 74 valence electrons. The highest BCUT2D eigenvalue weighted by Crippen LogP contribution is 2.11. The second-order valence-electron chi connectivity index (χ2n) is 2.75. The Hall–Kier alpha value is -1.69. The van der Waals surface area contributed by atoms with Gasteiger partial charge in [0, 0.05) is 11.3 Å². The molecule has 2 N–H and O–H groups in total. The minimum Gasteiger partial charge on any atom is -0.399 e. The summed E-state index contributed by atoms with van der Waals surface area (Å²) in [7, 11) is -2.72. The van der Waals surface area contributed by atoms with E-state index in [9.17, 15) is 13.2 Å². The van der Waals surface area contributed by atoms with Gasteiger partial charge in [0.25, 0.3) is 5.91 Å². The highest BCUT2D eigenvalue weighted by molar-refractivity contribution is 7.62. The lowest BCUT2D eigenvalue weighted by Gasteiger charge is -1.98. The zero-order valence-electron chi connectivity index (χ0n) is 7.39. The third-order valence-electron chi connectivity index (χ3n) is 1.50. The van der Waals surface area contributed by atoms with E-state index >= 15 is 0 Å². The van der Waals surface area contributed by atoms with E-state index in [4.69, 9.17) is 5.73 Å². The predicted octanol–water partition coefficient (Wildman–Crippen LogP) is 0.780. The van der Waals surface area contributed by atoms with Crippen LogP contribution in [-0.2, 0) is 10.5 Å². The SMILES string of the molecule is Cc1cc(N)cc(C(=O)N=S(=O)=O)c1.